The Morgan fingerprint density at radius 3 is 1.64 bits per heavy atom. The van der Waals surface area contributed by atoms with Crippen LogP contribution in [-0.4, -0.2) is 4.57 Å². The van der Waals surface area contributed by atoms with Gasteiger partial charge in [0.1, 0.15) is 0 Å². The first kappa shape index (κ1) is 34.1. The number of benzene rings is 9. The molecule has 280 valence electrons. The van der Waals surface area contributed by atoms with Crippen LogP contribution < -0.4 is 10.4 Å². The topological polar surface area (TPSA) is 4.93 Å². The summed E-state index contributed by atoms with van der Waals surface area (Å²) < 4.78 is 2.43. The van der Waals surface area contributed by atoms with E-state index in [9.17, 15) is 0 Å². The highest BCUT2D eigenvalue weighted by molar-refractivity contribution is 6.12. The summed E-state index contributed by atoms with van der Waals surface area (Å²) >= 11 is 0. The van der Waals surface area contributed by atoms with Crippen molar-refractivity contribution in [2.45, 2.75) is 38.0 Å². The maximum atomic E-state index is 2.57. The van der Waals surface area contributed by atoms with Crippen molar-refractivity contribution in [2.24, 2.45) is 0 Å². The molecule has 0 saturated carbocycles. The van der Waals surface area contributed by atoms with Gasteiger partial charge < -0.3 is 4.57 Å². The van der Waals surface area contributed by atoms with Crippen LogP contribution in [0.5, 0.6) is 0 Å². The SMILES string of the molecule is CC1(c2ccccc2-c2ccc3c(c2)c2cc(-c4ccc5c(c4)C(C)(C)c4ccccc4-5)ccc2n3-c2ccccc2)C=c2c(c3ccccc3c3ccccc23)=CC1. The molecular formula is C58H43N. The van der Waals surface area contributed by atoms with Gasteiger partial charge in [0.05, 0.1) is 11.0 Å². The summed E-state index contributed by atoms with van der Waals surface area (Å²) in [5, 5.41) is 10.5. The molecule has 1 atom stereocenters. The molecule has 9 aromatic carbocycles. The molecule has 0 amide bonds. The predicted octanol–water partition coefficient (Wildman–Crippen LogP) is 13.7. The maximum Gasteiger partial charge on any atom is 0.0541 e. The lowest BCUT2D eigenvalue weighted by molar-refractivity contribution is 0.656. The molecule has 12 rings (SSSR count). The van der Waals surface area contributed by atoms with Gasteiger partial charge in [0, 0.05) is 27.3 Å². The first-order valence-electron chi connectivity index (χ1n) is 21.0. The summed E-state index contributed by atoms with van der Waals surface area (Å²) in [5.74, 6) is 0. The number of hydrogen-bond acceptors (Lipinski definition) is 0. The van der Waals surface area contributed by atoms with Crippen molar-refractivity contribution in [3.63, 3.8) is 0 Å². The molecule has 1 heterocycles. The summed E-state index contributed by atoms with van der Waals surface area (Å²) in [6, 6.07) is 68.0. The Kier molecular flexibility index (Phi) is 7.24. The second-order valence-corrected chi connectivity index (χ2v) is 17.5. The lowest BCUT2D eigenvalue weighted by atomic mass is 9.73. The molecule has 59 heavy (non-hydrogen) atoms. The fourth-order valence-electron chi connectivity index (χ4n) is 10.8. The number of rotatable bonds is 4. The van der Waals surface area contributed by atoms with Crippen LogP contribution in [0.3, 0.4) is 0 Å². The van der Waals surface area contributed by atoms with E-state index >= 15 is 0 Å². The van der Waals surface area contributed by atoms with Crippen LogP contribution in [0, 0.1) is 0 Å². The van der Waals surface area contributed by atoms with Crippen LogP contribution in [0.25, 0.3) is 94.6 Å². The summed E-state index contributed by atoms with van der Waals surface area (Å²) in [7, 11) is 0. The highest BCUT2D eigenvalue weighted by Crippen LogP contribution is 2.50. The number of aromatic nitrogens is 1. The smallest absolute Gasteiger partial charge is 0.0541 e. The van der Waals surface area contributed by atoms with Crippen molar-refractivity contribution in [3.8, 4) is 39.1 Å². The molecule has 1 heteroatoms. The Hall–Kier alpha value is -6.96. The number of para-hydroxylation sites is 1. The number of nitrogens with zero attached hydrogens (tertiary/aromatic N) is 1. The Bertz CT molecular complexity index is 3510. The third kappa shape index (κ3) is 4.98. The summed E-state index contributed by atoms with van der Waals surface area (Å²) in [6.45, 7) is 7.16. The van der Waals surface area contributed by atoms with E-state index in [4.69, 9.17) is 0 Å². The second-order valence-electron chi connectivity index (χ2n) is 17.5. The molecule has 1 nitrogen and oxygen atoms in total. The van der Waals surface area contributed by atoms with Crippen LogP contribution in [-0.2, 0) is 10.8 Å². The Morgan fingerprint density at radius 2 is 0.915 bits per heavy atom. The third-order valence-corrected chi connectivity index (χ3v) is 13.8. The quantitative estimate of drug-likeness (QED) is 0.158. The van der Waals surface area contributed by atoms with E-state index in [0.29, 0.717) is 0 Å². The molecule has 0 bridgehead atoms. The fourth-order valence-corrected chi connectivity index (χ4v) is 10.8. The van der Waals surface area contributed by atoms with Crippen LogP contribution in [0.4, 0.5) is 0 Å². The second kappa shape index (κ2) is 12.5. The van der Waals surface area contributed by atoms with E-state index in [1.807, 2.05) is 0 Å². The fraction of sp³-hybridized carbons (Fsp3) is 0.103. The minimum absolute atomic E-state index is 0.0508. The van der Waals surface area contributed by atoms with Gasteiger partial charge >= 0.3 is 0 Å². The Morgan fingerprint density at radius 1 is 0.390 bits per heavy atom. The average molecular weight is 754 g/mol. The molecule has 0 spiro atoms. The minimum atomic E-state index is -0.198. The van der Waals surface area contributed by atoms with Gasteiger partial charge in [0.25, 0.3) is 0 Å². The largest absolute Gasteiger partial charge is 0.309 e. The van der Waals surface area contributed by atoms with Crippen LogP contribution >= 0.6 is 0 Å². The summed E-state index contributed by atoms with van der Waals surface area (Å²) in [5.41, 5.74) is 15.2. The Labute approximate surface area is 344 Å². The van der Waals surface area contributed by atoms with Crippen LogP contribution in [0.1, 0.15) is 43.9 Å². The molecule has 1 aromatic heterocycles. The van der Waals surface area contributed by atoms with Crippen molar-refractivity contribution >= 4 is 55.5 Å². The van der Waals surface area contributed by atoms with Gasteiger partial charge in [-0.3, -0.25) is 0 Å². The van der Waals surface area contributed by atoms with E-state index in [1.165, 1.54) is 110 Å². The van der Waals surface area contributed by atoms with E-state index in [1.54, 1.807) is 0 Å². The van der Waals surface area contributed by atoms with Gasteiger partial charge in [-0.15, -0.1) is 0 Å². The first-order valence-corrected chi connectivity index (χ1v) is 21.0. The van der Waals surface area contributed by atoms with Crippen molar-refractivity contribution in [1.82, 2.24) is 4.57 Å². The van der Waals surface area contributed by atoms with Gasteiger partial charge in [0.2, 0.25) is 0 Å². The minimum Gasteiger partial charge on any atom is -0.309 e. The van der Waals surface area contributed by atoms with Gasteiger partial charge in [-0.1, -0.05) is 172 Å². The van der Waals surface area contributed by atoms with E-state index < -0.39 is 0 Å². The molecule has 0 saturated heterocycles. The van der Waals surface area contributed by atoms with Crippen molar-refractivity contribution in [1.29, 1.82) is 0 Å². The highest BCUT2D eigenvalue weighted by Gasteiger charge is 2.35. The zero-order chi connectivity index (χ0) is 39.5. The Balaban J connectivity index is 1.04. The monoisotopic (exact) mass is 753 g/mol. The lowest BCUT2D eigenvalue weighted by Gasteiger charge is -2.31. The molecule has 10 aromatic rings. The van der Waals surface area contributed by atoms with Gasteiger partial charge in [0.15, 0.2) is 0 Å². The van der Waals surface area contributed by atoms with Gasteiger partial charge in [-0.25, -0.2) is 0 Å². The van der Waals surface area contributed by atoms with E-state index in [-0.39, 0.29) is 10.8 Å². The van der Waals surface area contributed by atoms with Crippen molar-refractivity contribution in [3.05, 3.63) is 209 Å². The summed E-state index contributed by atoms with van der Waals surface area (Å²) in [6.07, 6.45) is 6.00. The number of hydrogen-bond donors (Lipinski definition) is 0. The maximum absolute atomic E-state index is 2.57. The molecule has 2 aliphatic rings. The molecule has 0 radical (unpaired) electrons. The van der Waals surface area contributed by atoms with Gasteiger partial charge in [-0.05, 0) is 131 Å². The molecule has 1 unspecified atom stereocenters. The van der Waals surface area contributed by atoms with Crippen LogP contribution in [0.2, 0.25) is 0 Å². The normalized spacial score (nSPS) is 16.5. The van der Waals surface area contributed by atoms with E-state index in [2.05, 4.69) is 219 Å². The first-order chi connectivity index (χ1) is 28.9. The van der Waals surface area contributed by atoms with Crippen molar-refractivity contribution < 1.29 is 0 Å². The lowest BCUT2D eigenvalue weighted by Crippen LogP contribution is -2.36. The third-order valence-electron chi connectivity index (χ3n) is 13.8. The molecule has 2 aliphatic carbocycles. The molecule has 0 fully saturated rings. The molecule has 0 aliphatic heterocycles. The number of fused-ring (bicyclic) bond motifs is 12. The predicted molar refractivity (Wildman–Crippen MR) is 251 cm³/mol. The van der Waals surface area contributed by atoms with E-state index in [0.717, 1.165) is 6.42 Å². The highest BCUT2D eigenvalue weighted by atomic mass is 15.0. The zero-order valence-corrected chi connectivity index (χ0v) is 33.6. The average Bonchev–Trinajstić information content (AvgIpc) is 3.73. The molecule has 0 N–H and O–H groups in total. The molecular weight excluding hydrogens is 711 g/mol. The standard InChI is InChI=1S/C58H43N/c1-57(2)52-23-13-12-22-47(52)48-28-25-38(35-54(48)57)37-26-29-55-49(33-37)50-34-39(27-30-56(50)59(55)40-15-5-4-6-16-40)41-17-11-14-24-53(41)58(3)32-31-46-44-20-8-7-18-42(44)43-19-9-10-21-45(43)51(46)36-58/h4-31,33-36H,32H2,1-3H3. The zero-order valence-electron chi connectivity index (χ0n) is 33.6. The summed E-state index contributed by atoms with van der Waals surface area (Å²) in [4.78, 5) is 0. The van der Waals surface area contributed by atoms with Gasteiger partial charge in [-0.2, -0.15) is 0 Å². The van der Waals surface area contributed by atoms with Crippen LogP contribution in [0.15, 0.2) is 182 Å². The van der Waals surface area contributed by atoms with Crippen molar-refractivity contribution in [2.75, 3.05) is 0 Å².